The number of benzene rings is 5. The van der Waals surface area contributed by atoms with E-state index in [1.165, 1.54) is 11.1 Å². The average Bonchev–Trinajstić information content (AvgIpc) is 2.98. The summed E-state index contributed by atoms with van der Waals surface area (Å²) in [7, 11) is 0. The van der Waals surface area contributed by atoms with E-state index in [-0.39, 0.29) is 5.28 Å². The smallest absolute Gasteiger partial charge is 0.208 e. The van der Waals surface area contributed by atoms with Gasteiger partial charge in [0.15, 0.2) is 11.6 Å². The standard InChI is InChI=1S/C33H22ClN3/c34-33-36-31(26-19-17-25(18-20-26)23-9-3-1-4-10-23)35-32(37-33)30-16-8-15-29(22-30)28-14-7-13-27(21-28)24-11-5-2-6-12-24/h1-22H. The molecule has 176 valence electrons. The minimum atomic E-state index is 0.170. The lowest BCUT2D eigenvalue weighted by Crippen LogP contribution is -1.97. The lowest BCUT2D eigenvalue weighted by atomic mass is 9.98. The van der Waals surface area contributed by atoms with Gasteiger partial charge in [-0.1, -0.05) is 121 Å². The first-order chi connectivity index (χ1) is 18.2. The monoisotopic (exact) mass is 495 g/mol. The second kappa shape index (κ2) is 10.2. The van der Waals surface area contributed by atoms with E-state index in [1.54, 1.807) is 0 Å². The Labute approximate surface area is 221 Å². The maximum absolute atomic E-state index is 6.36. The van der Waals surface area contributed by atoms with Crippen LogP contribution in [0.25, 0.3) is 56.2 Å². The third kappa shape index (κ3) is 5.04. The van der Waals surface area contributed by atoms with E-state index < -0.39 is 0 Å². The third-order valence-electron chi connectivity index (χ3n) is 6.28. The predicted molar refractivity (Wildman–Crippen MR) is 152 cm³/mol. The van der Waals surface area contributed by atoms with E-state index in [1.807, 2.05) is 48.5 Å². The first-order valence-corrected chi connectivity index (χ1v) is 12.4. The zero-order valence-electron chi connectivity index (χ0n) is 19.9. The average molecular weight is 496 g/mol. The molecule has 0 saturated heterocycles. The molecular formula is C33H22ClN3. The highest BCUT2D eigenvalue weighted by Gasteiger charge is 2.11. The summed E-state index contributed by atoms with van der Waals surface area (Å²) in [6, 6.07) is 45.6. The fourth-order valence-electron chi connectivity index (χ4n) is 4.40. The Morgan fingerprint density at radius 1 is 0.324 bits per heavy atom. The van der Waals surface area contributed by atoms with Gasteiger partial charge in [0.2, 0.25) is 5.28 Å². The second-order valence-electron chi connectivity index (χ2n) is 8.72. The number of hydrogen-bond acceptors (Lipinski definition) is 3. The van der Waals surface area contributed by atoms with Crippen LogP contribution < -0.4 is 0 Å². The van der Waals surface area contributed by atoms with Gasteiger partial charge in [-0.15, -0.1) is 0 Å². The van der Waals surface area contributed by atoms with E-state index in [2.05, 4.69) is 94.9 Å². The second-order valence-corrected chi connectivity index (χ2v) is 9.06. The topological polar surface area (TPSA) is 38.7 Å². The highest BCUT2D eigenvalue weighted by atomic mass is 35.5. The maximum Gasteiger partial charge on any atom is 0.226 e. The molecule has 3 nitrogen and oxygen atoms in total. The van der Waals surface area contributed by atoms with Crippen molar-refractivity contribution in [3.05, 3.63) is 139 Å². The molecule has 0 aliphatic heterocycles. The zero-order valence-corrected chi connectivity index (χ0v) is 20.7. The van der Waals surface area contributed by atoms with E-state index in [9.17, 15) is 0 Å². The summed E-state index contributed by atoms with van der Waals surface area (Å²) in [5.74, 6) is 1.09. The van der Waals surface area contributed by atoms with Gasteiger partial charge >= 0.3 is 0 Å². The SMILES string of the molecule is Clc1nc(-c2ccc(-c3ccccc3)cc2)nc(-c2cccc(-c3cccc(-c4ccccc4)c3)c2)n1. The fourth-order valence-corrected chi connectivity index (χ4v) is 4.56. The summed E-state index contributed by atoms with van der Waals surface area (Å²) in [5.41, 5.74) is 8.64. The van der Waals surface area contributed by atoms with Crippen molar-refractivity contribution in [1.29, 1.82) is 0 Å². The molecule has 37 heavy (non-hydrogen) atoms. The van der Waals surface area contributed by atoms with Crippen molar-refractivity contribution in [2.45, 2.75) is 0 Å². The summed E-state index contributed by atoms with van der Waals surface area (Å²) in [6.07, 6.45) is 0. The molecule has 0 atom stereocenters. The first-order valence-electron chi connectivity index (χ1n) is 12.1. The molecule has 4 heteroatoms. The van der Waals surface area contributed by atoms with Crippen LogP contribution in [0.15, 0.2) is 133 Å². The van der Waals surface area contributed by atoms with Gasteiger partial charge < -0.3 is 0 Å². The summed E-state index contributed by atoms with van der Waals surface area (Å²) in [6.45, 7) is 0. The Hall–Kier alpha value is -4.60. The molecular weight excluding hydrogens is 474 g/mol. The van der Waals surface area contributed by atoms with Crippen LogP contribution in [-0.4, -0.2) is 15.0 Å². The van der Waals surface area contributed by atoms with Crippen molar-refractivity contribution in [3.63, 3.8) is 0 Å². The molecule has 1 heterocycles. The number of halogens is 1. The molecule has 0 fully saturated rings. The molecule has 5 aromatic carbocycles. The fraction of sp³-hybridized carbons (Fsp3) is 0. The van der Waals surface area contributed by atoms with Crippen LogP contribution in [0.3, 0.4) is 0 Å². The van der Waals surface area contributed by atoms with E-state index in [4.69, 9.17) is 16.6 Å². The highest BCUT2D eigenvalue weighted by molar-refractivity contribution is 6.28. The van der Waals surface area contributed by atoms with Gasteiger partial charge in [0.1, 0.15) is 0 Å². The number of rotatable bonds is 5. The lowest BCUT2D eigenvalue weighted by Gasteiger charge is -2.09. The van der Waals surface area contributed by atoms with Gasteiger partial charge in [-0.2, -0.15) is 9.97 Å². The first kappa shape index (κ1) is 22.8. The molecule has 6 rings (SSSR count). The van der Waals surface area contributed by atoms with E-state index >= 15 is 0 Å². The largest absolute Gasteiger partial charge is 0.226 e. The summed E-state index contributed by atoms with van der Waals surface area (Å²) in [4.78, 5) is 13.6. The minimum Gasteiger partial charge on any atom is -0.208 e. The van der Waals surface area contributed by atoms with Crippen molar-refractivity contribution >= 4 is 11.6 Å². The Balaban J connectivity index is 1.33. The van der Waals surface area contributed by atoms with Crippen molar-refractivity contribution in [1.82, 2.24) is 15.0 Å². The van der Waals surface area contributed by atoms with Gasteiger partial charge in [0, 0.05) is 11.1 Å². The van der Waals surface area contributed by atoms with Crippen LogP contribution in [0.5, 0.6) is 0 Å². The molecule has 0 saturated carbocycles. The molecule has 0 bridgehead atoms. The van der Waals surface area contributed by atoms with Crippen LogP contribution >= 0.6 is 11.6 Å². The quantitative estimate of drug-likeness (QED) is 0.240. The van der Waals surface area contributed by atoms with Gasteiger partial charge in [-0.25, -0.2) is 4.98 Å². The molecule has 6 aromatic rings. The molecule has 0 aliphatic carbocycles. The number of nitrogens with zero attached hydrogens (tertiary/aromatic N) is 3. The van der Waals surface area contributed by atoms with E-state index in [0.29, 0.717) is 11.6 Å². The normalized spacial score (nSPS) is 10.8. The van der Waals surface area contributed by atoms with Gasteiger partial charge in [0.25, 0.3) is 0 Å². The molecule has 0 spiro atoms. The van der Waals surface area contributed by atoms with Crippen LogP contribution in [0.4, 0.5) is 0 Å². The summed E-state index contributed by atoms with van der Waals surface area (Å²) in [5, 5.41) is 0.170. The van der Waals surface area contributed by atoms with Crippen molar-refractivity contribution in [2.24, 2.45) is 0 Å². The highest BCUT2D eigenvalue weighted by Crippen LogP contribution is 2.30. The lowest BCUT2D eigenvalue weighted by molar-refractivity contribution is 1.07. The van der Waals surface area contributed by atoms with Crippen LogP contribution in [0, 0.1) is 0 Å². The Morgan fingerprint density at radius 3 is 1.30 bits per heavy atom. The molecule has 0 unspecified atom stereocenters. The zero-order chi connectivity index (χ0) is 25.0. The number of aromatic nitrogens is 3. The third-order valence-corrected chi connectivity index (χ3v) is 6.45. The Morgan fingerprint density at radius 2 is 0.703 bits per heavy atom. The predicted octanol–water partition coefficient (Wildman–Crippen LogP) is 8.86. The Kier molecular flexibility index (Phi) is 6.28. The van der Waals surface area contributed by atoms with Crippen molar-refractivity contribution in [2.75, 3.05) is 0 Å². The van der Waals surface area contributed by atoms with Gasteiger partial charge in [-0.05, 0) is 57.1 Å². The van der Waals surface area contributed by atoms with Gasteiger partial charge in [0.05, 0.1) is 0 Å². The van der Waals surface area contributed by atoms with E-state index in [0.717, 1.165) is 33.4 Å². The van der Waals surface area contributed by atoms with Crippen molar-refractivity contribution in [3.8, 4) is 56.2 Å². The molecule has 1 aromatic heterocycles. The van der Waals surface area contributed by atoms with Gasteiger partial charge in [-0.3, -0.25) is 0 Å². The Bertz CT molecular complexity index is 1660. The summed E-state index contributed by atoms with van der Waals surface area (Å²) < 4.78 is 0. The molecule has 0 aliphatic rings. The molecule has 0 amide bonds. The van der Waals surface area contributed by atoms with Crippen LogP contribution in [0.2, 0.25) is 5.28 Å². The van der Waals surface area contributed by atoms with Crippen molar-refractivity contribution < 1.29 is 0 Å². The minimum absolute atomic E-state index is 0.170. The summed E-state index contributed by atoms with van der Waals surface area (Å²) >= 11 is 6.36. The number of hydrogen-bond donors (Lipinski definition) is 0. The molecule has 0 radical (unpaired) electrons. The van der Waals surface area contributed by atoms with Crippen LogP contribution in [-0.2, 0) is 0 Å². The molecule has 0 N–H and O–H groups in total. The van der Waals surface area contributed by atoms with Crippen LogP contribution in [0.1, 0.15) is 0 Å². The maximum atomic E-state index is 6.36.